The minimum absolute atomic E-state index is 0.262. The van der Waals surface area contributed by atoms with Crippen LogP contribution < -0.4 is 10.0 Å². The number of para-hydroxylation sites is 1. The molecule has 1 atom stereocenters. The molecule has 2 N–H and O–H groups in total. The molecule has 0 saturated carbocycles. The van der Waals surface area contributed by atoms with Gasteiger partial charge in [0, 0.05) is 13.2 Å². The van der Waals surface area contributed by atoms with E-state index in [4.69, 9.17) is 19.3 Å². The zero-order valence-electron chi connectivity index (χ0n) is 20.7. The monoisotopic (exact) mass is 469 g/mol. The summed E-state index contributed by atoms with van der Waals surface area (Å²) in [4.78, 5) is 0. The second-order valence-corrected chi connectivity index (χ2v) is 10.3. The van der Waals surface area contributed by atoms with Crippen LogP contribution in [0, 0.1) is 6.92 Å². The first kappa shape index (κ1) is 29.2. The van der Waals surface area contributed by atoms with Gasteiger partial charge in [-0.25, -0.2) is 10.1 Å². The Morgan fingerprint density at radius 2 is 1.22 bits per heavy atom. The van der Waals surface area contributed by atoms with Crippen LogP contribution in [-0.2, 0) is 13.8 Å². The first-order chi connectivity index (χ1) is 15.5. The Balaban J connectivity index is 1.82. The maximum atomic E-state index is 12.2. The molecule has 0 heterocycles. The Morgan fingerprint density at radius 1 is 0.719 bits per heavy atom. The summed E-state index contributed by atoms with van der Waals surface area (Å²) in [5.41, 5.74) is 6.54. The van der Waals surface area contributed by atoms with E-state index in [0.717, 1.165) is 18.6 Å². The topological polar surface area (TPSA) is 70.8 Å². The van der Waals surface area contributed by atoms with Crippen molar-refractivity contribution in [3.8, 4) is 5.75 Å². The summed E-state index contributed by atoms with van der Waals surface area (Å²) in [6.07, 6.45) is 19.7. The second-order valence-electron chi connectivity index (χ2n) is 8.79. The largest absolute Gasteiger partial charge is 0.456 e. The molecule has 1 unspecified atom stereocenters. The SMILES string of the molecule is CCCCCCCCCCCCCCCCOCCCOP(N)(=O)Oc1ccccc1C. The van der Waals surface area contributed by atoms with Crippen LogP contribution in [-0.4, -0.2) is 19.8 Å². The Hall–Kier alpha value is -0.870. The summed E-state index contributed by atoms with van der Waals surface area (Å²) in [6.45, 7) is 5.77. The van der Waals surface area contributed by atoms with E-state index in [-0.39, 0.29) is 6.61 Å². The van der Waals surface area contributed by atoms with E-state index in [1.807, 2.05) is 25.1 Å². The molecule has 1 aromatic rings. The zero-order valence-corrected chi connectivity index (χ0v) is 21.6. The van der Waals surface area contributed by atoms with Gasteiger partial charge in [-0.15, -0.1) is 0 Å². The number of hydrogen-bond acceptors (Lipinski definition) is 4. The lowest BCUT2D eigenvalue weighted by atomic mass is 10.0. The predicted molar refractivity (Wildman–Crippen MR) is 135 cm³/mol. The minimum Gasteiger partial charge on any atom is -0.413 e. The number of rotatable bonds is 22. The number of unbranched alkanes of at least 4 members (excludes halogenated alkanes) is 13. The summed E-state index contributed by atoms with van der Waals surface area (Å²) < 4.78 is 28.4. The third-order valence-electron chi connectivity index (χ3n) is 5.67. The Bertz CT molecular complexity index is 611. The first-order valence-corrected chi connectivity index (χ1v) is 14.5. The fraction of sp³-hybridized carbons (Fsp3) is 0.769. The standard InChI is InChI=1S/C26H48NO4P/c1-3-4-5-6-7-8-9-10-11-12-13-14-15-18-22-29-23-19-24-30-32(27,28)31-26-21-17-16-20-25(26)2/h16-17,20-21H,3-15,18-19,22-24H2,1-2H3,(H2,27,28). The van der Waals surface area contributed by atoms with Gasteiger partial charge < -0.3 is 9.26 Å². The van der Waals surface area contributed by atoms with Crippen molar-refractivity contribution in [2.24, 2.45) is 5.50 Å². The number of aryl methyl sites for hydroxylation is 1. The molecule has 32 heavy (non-hydrogen) atoms. The van der Waals surface area contributed by atoms with Gasteiger partial charge in [0.2, 0.25) is 0 Å². The molecule has 0 radical (unpaired) electrons. The van der Waals surface area contributed by atoms with Crippen LogP contribution in [0.2, 0.25) is 0 Å². The number of nitrogens with two attached hydrogens (primary N) is 1. The van der Waals surface area contributed by atoms with Crippen LogP contribution >= 0.6 is 7.75 Å². The van der Waals surface area contributed by atoms with E-state index in [2.05, 4.69) is 6.92 Å². The minimum atomic E-state index is -3.59. The van der Waals surface area contributed by atoms with Crippen molar-refractivity contribution >= 4 is 7.75 Å². The number of ether oxygens (including phenoxy) is 1. The van der Waals surface area contributed by atoms with Gasteiger partial charge in [0.25, 0.3) is 0 Å². The summed E-state index contributed by atoms with van der Waals surface area (Å²) in [7, 11) is -3.59. The van der Waals surface area contributed by atoms with Crippen molar-refractivity contribution in [3.05, 3.63) is 29.8 Å². The van der Waals surface area contributed by atoms with Crippen molar-refractivity contribution in [3.63, 3.8) is 0 Å². The molecule has 0 saturated heterocycles. The molecule has 186 valence electrons. The highest BCUT2D eigenvalue weighted by Gasteiger charge is 2.20. The van der Waals surface area contributed by atoms with Gasteiger partial charge in [-0.3, -0.25) is 4.52 Å². The van der Waals surface area contributed by atoms with E-state index >= 15 is 0 Å². The van der Waals surface area contributed by atoms with Gasteiger partial charge in [-0.2, -0.15) is 0 Å². The summed E-state index contributed by atoms with van der Waals surface area (Å²) in [6, 6.07) is 7.31. The fourth-order valence-corrected chi connectivity index (χ4v) is 4.59. The molecule has 0 aromatic heterocycles. The third-order valence-corrected chi connectivity index (χ3v) is 6.66. The highest BCUT2D eigenvalue weighted by Crippen LogP contribution is 2.41. The normalized spacial score (nSPS) is 13.2. The zero-order chi connectivity index (χ0) is 23.3. The van der Waals surface area contributed by atoms with Crippen molar-refractivity contribution < 1.29 is 18.3 Å². The van der Waals surface area contributed by atoms with E-state index in [9.17, 15) is 4.57 Å². The van der Waals surface area contributed by atoms with Crippen LogP contribution in [0.25, 0.3) is 0 Å². The molecule has 0 spiro atoms. The average molecular weight is 470 g/mol. The lowest BCUT2D eigenvalue weighted by Crippen LogP contribution is -2.09. The summed E-state index contributed by atoms with van der Waals surface area (Å²) >= 11 is 0. The highest BCUT2D eigenvalue weighted by atomic mass is 31.2. The molecule has 0 bridgehead atoms. The molecule has 5 nitrogen and oxygen atoms in total. The smallest absolute Gasteiger partial charge is 0.413 e. The van der Waals surface area contributed by atoms with Gasteiger partial charge in [0.05, 0.1) is 6.61 Å². The van der Waals surface area contributed by atoms with E-state index in [1.54, 1.807) is 6.07 Å². The molecular formula is C26H48NO4P. The van der Waals surface area contributed by atoms with Crippen molar-refractivity contribution in [1.29, 1.82) is 0 Å². The first-order valence-electron chi connectivity index (χ1n) is 12.9. The van der Waals surface area contributed by atoms with Gasteiger partial charge in [-0.1, -0.05) is 109 Å². The van der Waals surface area contributed by atoms with Crippen LogP contribution in [0.5, 0.6) is 5.75 Å². The molecule has 1 rings (SSSR count). The maximum Gasteiger partial charge on any atom is 0.456 e. The van der Waals surface area contributed by atoms with Crippen molar-refractivity contribution in [2.75, 3.05) is 19.8 Å². The van der Waals surface area contributed by atoms with Crippen molar-refractivity contribution in [2.45, 2.75) is 110 Å². The number of benzene rings is 1. The summed E-state index contributed by atoms with van der Waals surface area (Å²) in [5.74, 6) is 0.493. The van der Waals surface area contributed by atoms with Gasteiger partial charge >= 0.3 is 7.75 Å². The molecule has 0 aliphatic rings. The molecule has 0 fully saturated rings. The Morgan fingerprint density at radius 3 is 1.78 bits per heavy atom. The second kappa shape index (κ2) is 19.6. The molecule has 0 aliphatic heterocycles. The van der Waals surface area contributed by atoms with Gasteiger partial charge in [0.15, 0.2) is 0 Å². The quantitative estimate of drug-likeness (QED) is 0.136. The van der Waals surface area contributed by atoms with Gasteiger partial charge in [0.1, 0.15) is 5.75 Å². The third kappa shape index (κ3) is 16.7. The molecular weight excluding hydrogens is 421 g/mol. The lowest BCUT2D eigenvalue weighted by molar-refractivity contribution is 0.114. The molecule has 0 amide bonds. The van der Waals surface area contributed by atoms with E-state index < -0.39 is 7.75 Å². The number of hydrogen-bond donors (Lipinski definition) is 1. The molecule has 1 aromatic carbocycles. The molecule has 6 heteroatoms. The van der Waals surface area contributed by atoms with Crippen LogP contribution in [0.3, 0.4) is 0 Å². The summed E-state index contributed by atoms with van der Waals surface area (Å²) in [5, 5.41) is 0. The highest BCUT2D eigenvalue weighted by molar-refractivity contribution is 7.51. The van der Waals surface area contributed by atoms with Crippen LogP contribution in [0.4, 0.5) is 0 Å². The van der Waals surface area contributed by atoms with E-state index in [1.165, 1.54) is 83.5 Å². The Kier molecular flexibility index (Phi) is 17.8. The van der Waals surface area contributed by atoms with Crippen LogP contribution in [0.15, 0.2) is 24.3 Å². The average Bonchev–Trinajstić information content (AvgIpc) is 2.77. The lowest BCUT2D eigenvalue weighted by Gasteiger charge is -2.15. The Labute approximate surface area is 197 Å². The molecule has 0 aliphatic carbocycles. The maximum absolute atomic E-state index is 12.2. The van der Waals surface area contributed by atoms with Crippen molar-refractivity contribution in [1.82, 2.24) is 0 Å². The fourth-order valence-electron chi connectivity index (χ4n) is 3.68. The van der Waals surface area contributed by atoms with E-state index in [0.29, 0.717) is 18.8 Å². The van der Waals surface area contributed by atoms with Crippen LogP contribution in [0.1, 0.15) is 109 Å². The van der Waals surface area contributed by atoms with Gasteiger partial charge in [-0.05, 0) is 31.4 Å². The predicted octanol–water partition coefficient (Wildman–Crippen LogP) is 8.35.